The molecule has 0 saturated carbocycles. The topological polar surface area (TPSA) is 89.3 Å². The van der Waals surface area contributed by atoms with Crippen molar-refractivity contribution in [3.8, 4) is 5.69 Å². The fraction of sp³-hybridized carbons (Fsp3) is 0.280. The molecule has 34 heavy (non-hydrogen) atoms. The molecule has 0 radical (unpaired) electrons. The number of methoxy groups -OCH3 is 1. The summed E-state index contributed by atoms with van der Waals surface area (Å²) in [7, 11) is 1.33. The van der Waals surface area contributed by atoms with E-state index in [-0.39, 0.29) is 11.8 Å². The highest BCUT2D eigenvalue weighted by molar-refractivity contribution is 7.22. The molecule has 1 saturated heterocycles. The normalized spacial score (nSPS) is 15.9. The van der Waals surface area contributed by atoms with Crippen molar-refractivity contribution in [1.82, 2.24) is 14.8 Å². The Balaban J connectivity index is 1.36. The lowest BCUT2D eigenvalue weighted by Gasteiger charge is -2.31. The molecule has 9 heteroatoms. The Labute approximate surface area is 201 Å². The van der Waals surface area contributed by atoms with Crippen LogP contribution in [0, 0.1) is 12.8 Å². The van der Waals surface area contributed by atoms with Gasteiger partial charge in [-0.1, -0.05) is 41.7 Å². The number of hydrogen-bond donors (Lipinski definition) is 1. The lowest BCUT2D eigenvalue weighted by atomic mass is 9.97. The van der Waals surface area contributed by atoms with Gasteiger partial charge in [0.25, 0.3) is 0 Å². The third-order valence-corrected chi connectivity index (χ3v) is 7.25. The number of fused-ring (bicyclic) bond motifs is 1. The number of para-hydroxylation sites is 2. The van der Waals surface area contributed by atoms with E-state index in [2.05, 4.69) is 15.3 Å². The lowest BCUT2D eigenvalue weighted by molar-refractivity contribution is -0.120. The fourth-order valence-corrected chi connectivity index (χ4v) is 5.31. The van der Waals surface area contributed by atoms with Crippen molar-refractivity contribution in [3.63, 3.8) is 0 Å². The summed E-state index contributed by atoms with van der Waals surface area (Å²) in [5.74, 6) is -0.787. The van der Waals surface area contributed by atoms with Crippen LogP contribution in [0.5, 0.6) is 0 Å². The van der Waals surface area contributed by atoms with E-state index in [0.29, 0.717) is 17.8 Å². The smallest absolute Gasteiger partial charge is 0.339 e. The molecule has 1 aliphatic rings. The molecule has 1 amide bonds. The average molecular weight is 476 g/mol. The van der Waals surface area contributed by atoms with Gasteiger partial charge in [0.2, 0.25) is 5.91 Å². The molecule has 0 bridgehead atoms. The van der Waals surface area contributed by atoms with Crippen molar-refractivity contribution in [2.24, 2.45) is 5.92 Å². The van der Waals surface area contributed by atoms with Gasteiger partial charge in [0.15, 0.2) is 10.8 Å². The molecule has 3 heterocycles. The van der Waals surface area contributed by atoms with Gasteiger partial charge in [0.05, 0.1) is 40.4 Å². The van der Waals surface area contributed by atoms with Crippen molar-refractivity contribution in [2.45, 2.75) is 19.8 Å². The molecule has 4 aromatic rings. The number of thiazole rings is 1. The zero-order valence-electron chi connectivity index (χ0n) is 19.0. The third kappa shape index (κ3) is 4.14. The van der Waals surface area contributed by atoms with Crippen molar-refractivity contribution in [1.29, 1.82) is 0 Å². The van der Waals surface area contributed by atoms with E-state index >= 15 is 0 Å². The highest BCUT2D eigenvalue weighted by Crippen LogP contribution is 2.34. The molecule has 1 N–H and O–H groups in total. The predicted octanol–water partition coefficient (Wildman–Crippen LogP) is 4.43. The number of nitrogens with zero attached hydrogens (tertiary/aromatic N) is 4. The average Bonchev–Trinajstić information content (AvgIpc) is 3.45. The van der Waals surface area contributed by atoms with Crippen LogP contribution >= 0.6 is 11.3 Å². The van der Waals surface area contributed by atoms with Gasteiger partial charge in [0, 0.05) is 13.1 Å². The Hall–Kier alpha value is -3.72. The first kappa shape index (κ1) is 22.1. The standard InChI is InChI=1S/C25H25N5O3S/c1-16-21-22(30(28-16)18-10-4-3-5-11-18)27-25(34-21)29-14-8-9-17(15-29)23(31)26-20-13-7-6-12-19(20)24(32)33-2/h3-7,10-13,17H,8-9,14-15H2,1-2H3,(H,26,31)/t17-/m1/s1. The van der Waals surface area contributed by atoms with Crippen LogP contribution in [0.1, 0.15) is 28.9 Å². The van der Waals surface area contributed by atoms with E-state index in [1.807, 2.05) is 41.9 Å². The zero-order valence-corrected chi connectivity index (χ0v) is 19.8. The summed E-state index contributed by atoms with van der Waals surface area (Å²) < 4.78 is 7.77. The molecule has 0 unspecified atom stereocenters. The molecule has 5 rings (SSSR count). The molecule has 1 fully saturated rings. The van der Waals surface area contributed by atoms with E-state index in [1.165, 1.54) is 7.11 Å². The quantitative estimate of drug-likeness (QED) is 0.430. The Bertz CT molecular complexity index is 1350. The zero-order chi connectivity index (χ0) is 23.7. The van der Waals surface area contributed by atoms with Gasteiger partial charge < -0.3 is 15.0 Å². The molecule has 2 aromatic carbocycles. The van der Waals surface area contributed by atoms with Gasteiger partial charge in [-0.25, -0.2) is 9.48 Å². The second-order valence-corrected chi connectivity index (χ2v) is 9.27. The maximum Gasteiger partial charge on any atom is 0.339 e. The minimum absolute atomic E-state index is 0.103. The number of carbonyl (C=O) groups excluding carboxylic acids is 2. The number of amides is 1. The molecular weight excluding hydrogens is 450 g/mol. The molecule has 174 valence electrons. The van der Waals surface area contributed by atoms with Crippen LogP contribution in [0.4, 0.5) is 10.8 Å². The summed E-state index contributed by atoms with van der Waals surface area (Å²) in [4.78, 5) is 32.2. The Kier molecular flexibility index (Phi) is 6.02. The number of aromatic nitrogens is 3. The number of rotatable bonds is 5. The van der Waals surface area contributed by atoms with Crippen LogP contribution in [-0.4, -0.2) is 46.8 Å². The monoisotopic (exact) mass is 475 g/mol. The summed E-state index contributed by atoms with van der Waals surface area (Å²) in [5, 5.41) is 8.50. The van der Waals surface area contributed by atoms with E-state index < -0.39 is 5.97 Å². The maximum atomic E-state index is 13.1. The summed E-state index contributed by atoms with van der Waals surface area (Å²) in [6, 6.07) is 16.9. The maximum absolute atomic E-state index is 13.1. The number of aryl methyl sites for hydroxylation is 1. The first-order chi connectivity index (χ1) is 16.5. The molecule has 8 nitrogen and oxygen atoms in total. The first-order valence-corrected chi connectivity index (χ1v) is 12.0. The van der Waals surface area contributed by atoms with Crippen LogP contribution < -0.4 is 10.2 Å². The van der Waals surface area contributed by atoms with Crippen molar-refractivity contribution < 1.29 is 14.3 Å². The minimum atomic E-state index is -0.474. The fourth-order valence-electron chi connectivity index (χ4n) is 4.29. The first-order valence-electron chi connectivity index (χ1n) is 11.2. The van der Waals surface area contributed by atoms with Crippen LogP contribution in [0.15, 0.2) is 54.6 Å². The Morgan fingerprint density at radius 1 is 1.12 bits per heavy atom. The van der Waals surface area contributed by atoms with Crippen LogP contribution in [-0.2, 0) is 9.53 Å². The summed E-state index contributed by atoms with van der Waals surface area (Å²) in [5.41, 5.74) is 3.56. The SMILES string of the molecule is COC(=O)c1ccccc1NC(=O)[C@@H]1CCCN(c2nc3c(s2)c(C)nn3-c2ccccc2)C1. The van der Waals surface area contributed by atoms with Crippen molar-refractivity contribution in [3.05, 3.63) is 65.9 Å². The van der Waals surface area contributed by atoms with Crippen molar-refractivity contribution in [2.75, 3.05) is 30.4 Å². The Morgan fingerprint density at radius 3 is 2.68 bits per heavy atom. The summed E-state index contributed by atoms with van der Waals surface area (Å²) >= 11 is 1.61. The minimum Gasteiger partial charge on any atom is -0.465 e. The van der Waals surface area contributed by atoms with Crippen LogP contribution in [0.2, 0.25) is 0 Å². The second-order valence-electron chi connectivity index (χ2n) is 8.29. The molecular formula is C25H25N5O3S. The lowest BCUT2D eigenvalue weighted by Crippen LogP contribution is -2.40. The molecule has 2 aromatic heterocycles. The van der Waals surface area contributed by atoms with E-state index in [9.17, 15) is 9.59 Å². The number of carbonyl (C=O) groups is 2. The van der Waals surface area contributed by atoms with E-state index in [0.717, 1.165) is 46.2 Å². The molecule has 0 spiro atoms. The largest absolute Gasteiger partial charge is 0.465 e. The van der Waals surface area contributed by atoms with E-state index in [1.54, 1.807) is 35.6 Å². The number of hydrogen-bond acceptors (Lipinski definition) is 7. The number of esters is 1. The highest BCUT2D eigenvalue weighted by atomic mass is 32.1. The van der Waals surface area contributed by atoms with Crippen LogP contribution in [0.25, 0.3) is 16.0 Å². The molecule has 1 atom stereocenters. The number of ether oxygens (including phenoxy) is 1. The van der Waals surface area contributed by atoms with Gasteiger partial charge >= 0.3 is 5.97 Å². The Morgan fingerprint density at radius 2 is 1.88 bits per heavy atom. The number of nitrogens with one attached hydrogen (secondary N) is 1. The van der Waals surface area contributed by atoms with Gasteiger partial charge in [-0.05, 0) is 44.0 Å². The highest BCUT2D eigenvalue weighted by Gasteiger charge is 2.29. The third-order valence-electron chi connectivity index (χ3n) is 6.03. The summed E-state index contributed by atoms with van der Waals surface area (Å²) in [6.45, 7) is 3.41. The van der Waals surface area contributed by atoms with Gasteiger partial charge in [-0.2, -0.15) is 10.1 Å². The number of anilines is 2. The van der Waals surface area contributed by atoms with Crippen molar-refractivity contribution >= 4 is 44.4 Å². The van der Waals surface area contributed by atoms with Crippen LogP contribution in [0.3, 0.4) is 0 Å². The molecule has 0 aliphatic carbocycles. The summed E-state index contributed by atoms with van der Waals surface area (Å²) in [6.07, 6.45) is 1.67. The number of benzene rings is 2. The van der Waals surface area contributed by atoms with Gasteiger partial charge in [-0.3, -0.25) is 4.79 Å². The number of piperidine rings is 1. The van der Waals surface area contributed by atoms with E-state index in [4.69, 9.17) is 9.72 Å². The van der Waals surface area contributed by atoms with Gasteiger partial charge in [0.1, 0.15) is 0 Å². The predicted molar refractivity (Wildman–Crippen MR) is 133 cm³/mol. The second kappa shape index (κ2) is 9.26. The molecule has 1 aliphatic heterocycles. The van der Waals surface area contributed by atoms with Gasteiger partial charge in [-0.15, -0.1) is 0 Å².